The lowest BCUT2D eigenvalue weighted by Gasteiger charge is -2.08. The van der Waals surface area contributed by atoms with Crippen LogP contribution >= 0.6 is 22.7 Å². The number of hydrogen-bond donors (Lipinski definition) is 1. The first kappa shape index (κ1) is 20.0. The van der Waals surface area contributed by atoms with Gasteiger partial charge in [-0.25, -0.2) is 4.98 Å². The Morgan fingerprint density at radius 3 is 2.68 bits per heavy atom. The van der Waals surface area contributed by atoms with Crippen LogP contribution in [-0.2, 0) is 4.79 Å². The molecule has 1 amide bonds. The lowest BCUT2D eigenvalue weighted by atomic mass is 10.1. The summed E-state index contributed by atoms with van der Waals surface area (Å²) in [5.41, 5.74) is 1.49. The van der Waals surface area contributed by atoms with Crippen molar-refractivity contribution in [3.05, 3.63) is 46.0 Å². The first-order chi connectivity index (χ1) is 13.6. The van der Waals surface area contributed by atoms with Crippen LogP contribution in [0.3, 0.4) is 0 Å². The highest BCUT2D eigenvalue weighted by atomic mass is 32.1. The zero-order valence-electron chi connectivity index (χ0n) is 15.6. The number of aromatic nitrogens is 1. The third-order valence-electron chi connectivity index (χ3n) is 4.04. The number of nitrogens with one attached hydrogen (secondary N) is 1. The number of ether oxygens (including phenoxy) is 2. The molecule has 28 heavy (non-hydrogen) atoms. The number of hydrogen-bond acceptors (Lipinski definition) is 7. The summed E-state index contributed by atoms with van der Waals surface area (Å²) < 4.78 is 10.6. The van der Waals surface area contributed by atoms with Gasteiger partial charge in [-0.1, -0.05) is 6.07 Å². The predicted octanol–water partition coefficient (Wildman–Crippen LogP) is 4.88. The molecule has 0 spiro atoms. The van der Waals surface area contributed by atoms with Gasteiger partial charge >= 0.3 is 0 Å². The number of Topliss-reactive ketones (excluding diaryl/α,β-unsaturated/α-hetero) is 1. The summed E-state index contributed by atoms with van der Waals surface area (Å²) in [4.78, 5) is 29.3. The fraction of sp³-hybridized carbons (Fsp3) is 0.250. The van der Waals surface area contributed by atoms with E-state index in [1.165, 1.54) is 22.7 Å². The standard InChI is InChI=1S/C20H20N2O4S2/c1-25-13-8-9-17(26-2)14(11-13)15-12-28-20(21-15)22-19(24)7-3-5-16(23)18-6-4-10-27-18/h4,6,8-12H,3,5,7H2,1-2H3,(H,21,22,24). The molecule has 1 N–H and O–H groups in total. The van der Waals surface area contributed by atoms with E-state index in [2.05, 4.69) is 10.3 Å². The summed E-state index contributed by atoms with van der Waals surface area (Å²) in [6.07, 6.45) is 1.14. The number of methoxy groups -OCH3 is 2. The van der Waals surface area contributed by atoms with Crippen LogP contribution in [0.15, 0.2) is 41.1 Å². The molecule has 0 aliphatic rings. The van der Waals surface area contributed by atoms with Gasteiger partial charge in [-0.05, 0) is 36.1 Å². The molecule has 0 aliphatic carbocycles. The maximum atomic E-state index is 12.2. The molecule has 0 bridgehead atoms. The van der Waals surface area contributed by atoms with Crippen molar-refractivity contribution >= 4 is 39.5 Å². The Labute approximate surface area is 171 Å². The third-order valence-corrected chi connectivity index (χ3v) is 5.71. The highest BCUT2D eigenvalue weighted by Crippen LogP contribution is 2.35. The minimum Gasteiger partial charge on any atom is -0.497 e. The van der Waals surface area contributed by atoms with Crippen molar-refractivity contribution in [2.45, 2.75) is 19.3 Å². The Morgan fingerprint density at radius 2 is 1.96 bits per heavy atom. The highest BCUT2D eigenvalue weighted by molar-refractivity contribution is 7.14. The van der Waals surface area contributed by atoms with E-state index in [0.717, 1.165) is 10.4 Å². The van der Waals surface area contributed by atoms with E-state index in [-0.39, 0.29) is 18.1 Å². The monoisotopic (exact) mass is 416 g/mol. The van der Waals surface area contributed by atoms with Crippen LogP contribution in [0.5, 0.6) is 11.5 Å². The number of benzene rings is 1. The van der Waals surface area contributed by atoms with Crippen LogP contribution in [0.4, 0.5) is 5.13 Å². The summed E-state index contributed by atoms with van der Waals surface area (Å²) in [6.45, 7) is 0. The SMILES string of the molecule is COc1ccc(OC)c(-c2csc(NC(=O)CCCC(=O)c3cccs3)n2)c1. The molecule has 2 heterocycles. The number of thiazole rings is 1. The number of carbonyl (C=O) groups is 2. The number of anilines is 1. The van der Waals surface area contributed by atoms with Gasteiger partial charge in [0.1, 0.15) is 11.5 Å². The molecule has 1 aromatic carbocycles. The summed E-state index contributed by atoms with van der Waals surface area (Å²) >= 11 is 2.76. The van der Waals surface area contributed by atoms with Crippen LogP contribution in [0.1, 0.15) is 28.9 Å². The van der Waals surface area contributed by atoms with Gasteiger partial charge in [0.2, 0.25) is 5.91 Å². The summed E-state index contributed by atoms with van der Waals surface area (Å²) in [5, 5.41) is 7.03. The van der Waals surface area contributed by atoms with E-state index < -0.39 is 0 Å². The predicted molar refractivity (Wildman–Crippen MR) is 112 cm³/mol. The summed E-state index contributed by atoms with van der Waals surface area (Å²) in [5.74, 6) is 1.29. The molecule has 146 valence electrons. The maximum Gasteiger partial charge on any atom is 0.226 e. The lowest BCUT2D eigenvalue weighted by Crippen LogP contribution is -2.11. The Morgan fingerprint density at radius 1 is 1.11 bits per heavy atom. The van der Waals surface area contributed by atoms with E-state index >= 15 is 0 Å². The van der Waals surface area contributed by atoms with Gasteiger partial charge in [0.15, 0.2) is 10.9 Å². The van der Waals surface area contributed by atoms with E-state index in [1.807, 2.05) is 35.0 Å². The minimum absolute atomic E-state index is 0.0736. The number of nitrogens with zero attached hydrogens (tertiary/aromatic N) is 1. The average Bonchev–Trinajstić information content (AvgIpc) is 3.39. The summed E-state index contributed by atoms with van der Waals surface area (Å²) in [6, 6.07) is 9.12. The largest absolute Gasteiger partial charge is 0.497 e. The first-order valence-electron chi connectivity index (χ1n) is 8.65. The molecule has 6 nitrogen and oxygen atoms in total. The van der Waals surface area contributed by atoms with Crippen LogP contribution in [0.2, 0.25) is 0 Å². The van der Waals surface area contributed by atoms with Crippen molar-refractivity contribution < 1.29 is 19.1 Å². The van der Waals surface area contributed by atoms with Crippen molar-refractivity contribution in [3.63, 3.8) is 0 Å². The molecule has 3 rings (SSSR count). The van der Waals surface area contributed by atoms with Gasteiger partial charge in [0.05, 0.1) is 24.8 Å². The second-order valence-electron chi connectivity index (χ2n) is 5.91. The van der Waals surface area contributed by atoms with E-state index in [1.54, 1.807) is 20.3 Å². The van der Waals surface area contributed by atoms with Crippen molar-refractivity contribution in [2.24, 2.45) is 0 Å². The van der Waals surface area contributed by atoms with Crippen molar-refractivity contribution in [3.8, 4) is 22.8 Å². The quantitative estimate of drug-likeness (QED) is 0.503. The van der Waals surface area contributed by atoms with Crippen LogP contribution < -0.4 is 14.8 Å². The number of rotatable bonds is 9. The third kappa shape index (κ3) is 4.96. The van der Waals surface area contributed by atoms with Crippen molar-refractivity contribution in [2.75, 3.05) is 19.5 Å². The molecule has 0 aliphatic heterocycles. The fourth-order valence-corrected chi connectivity index (χ4v) is 4.04. The second-order valence-corrected chi connectivity index (χ2v) is 7.71. The molecule has 0 radical (unpaired) electrons. The van der Waals surface area contributed by atoms with Crippen LogP contribution in [0.25, 0.3) is 11.3 Å². The molecule has 0 fully saturated rings. The van der Waals surface area contributed by atoms with Gasteiger partial charge in [0.25, 0.3) is 0 Å². The normalized spacial score (nSPS) is 10.5. The highest BCUT2D eigenvalue weighted by Gasteiger charge is 2.14. The Hall–Kier alpha value is -2.71. The Bertz CT molecular complexity index is 951. The molecule has 0 unspecified atom stereocenters. The lowest BCUT2D eigenvalue weighted by molar-refractivity contribution is -0.116. The molecule has 3 aromatic rings. The Balaban J connectivity index is 1.57. The minimum atomic E-state index is -0.155. The van der Waals surface area contributed by atoms with Gasteiger partial charge in [0, 0.05) is 23.8 Å². The molecular formula is C20H20N2O4S2. The van der Waals surface area contributed by atoms with Crippen LogP contribution in [0, 0.1) is 0 Å². The number of amides is 1. The molecule has 8 heteroatoms. The van der Waals surface area contributed by atoms with Gasteiger partial charge in [-0.3, -0.25) is 9.59 Å². The Kier molecular flexibility index (Phi) is 6.78. The number of thiophene rings is 1. The zero-order chi connectivity index (χ0) is 19.9. The fourth-order valence-electron chi connectivity index (χ4n) is 2.62. The molecular weight excluding hydrogens is 396 g/mol. The van der Waals surface area contributed by atoms with Crippen LogP contribution in [-0.4, -0.2) is 30.9 Å². The van der Waals surface area contributed by atoms with Crippen molar-refractivity contribution in [1.82, 2.24) is 4.98 Å². The van der Waals surface area contributed by atoms with E-state index in [4.69, 9.17) is 9.47 Å². The molecule has 0 saturated heterocycles. The van der Waals surface area contributed by atoms with Crippen molar-refractivity contribution in [1.29, 1.82) is 0 Å². The zero-order valence-corrected chi connectivity index (χ0v) is 17.2. The van der Waals surface area contributed by atoms with Gasteiger partial charge < -0.3 is 14.8 Å². The molecule has 2 aromatic heterocycles. The molecule has 0 saturated carbocycles. The van der Waals surface area contributed by atoms with E-state index in [9.17, 15) is 9.59 Å². The van der Waals surface area contributed by atoms with E-state index in [0.29, 0.717) is 35.2 Å². The topological polar surface area (TPSA) is 77.5 Å². The number of carbonyl (C=O) groups excluding carboxylic acids is 2. The van der Waals surface area contributed by atoms with Gasteiger partial charge in [-0.15, -0.1) is 22.7 Å². The number of ketones is 1. The first-order valence-corrected chi connectivity index (χ1v) is 10.4. The average molecular weight is 417 g/mol. The smallest absolute Gasteiger partial charge is 0.226 e. The molecule has 0 atom stereocenters. The maximum absolute atomic E-state index is 12.2. The second kappa shape index (κ2) is 9.48. The summed E-state index contributed by atoms with van der Waals surface area (Å²) in [7, 11) is 3.19. The van der Waals surface area contributed by atoms with Gasteiger partial charge in [-0.2, -0.15) is 0 Å².